The molecule has 0 radical (unpaired) electrons. The summed E-state index contributed by atoms with van der Waals surface area (Å²) in [7, 11) is 1.64. The van der Waals surface area contributed by atoms with Crippen LogP contribution in [-0.2, 0) is 11.8 Å². The van der Waals surface area contributed by atoms with Gasteiger partial charge in [0.25, 0.3) is 0 Å². The first-order valence-electron chi connectivity index (χ1n) is 7.75. The van der Waals surface area contributed by atoms with Crippen LogP contribution in [0.15, 0.2) is 24.3 Å². The standard InChI is InChI=1S/C17H19FN4O2/c1-10-8-22(10)9-14(23)19-17-15(11(2)20-21(17)3)16(24)12-6-4-5-7-13(12)18/h4-7,10H,8-9H2,1-3H3,(H,19,23). The van der Waals surface area contributed by atoms with E-state index in [9.17, 15) is 14.0 Å². The molecule has 0 bridgehead atoms. The van der Waals surface area contributed by atoms with Gasteiger partial charge in [-0.3, -0.25) is 19.2 Å². The smallest absolute Gasteiger partial charge is 0.239 e. The summed E-state index contributed by atoms with van der Waals surface area (Å²) in [6.45, 7) is 4.85. The van der Waals surface area contributed by atoms with Crippen LogP contribution >= 0.6 is 0 Å². The van der Waals surface area contributed by atoms with Crippen molar-refractivity contribution in [1.29, 1.82) is 0 Å². The zero-order valence-electron chi connectivity index (χ0n) is 13.8. The summed E-state index contributed by atoms with van der Waals surface area (Å²) in [5.74, 6) is -1.01. The third-order valence-electron chi connectivity index (χ3n) is 4.16. The van der Waals surface area contributed by atoms with Gasteiger partial charge in [-0.2, -0.15) is 5.10 Å². The molecule has 0 saturated carbocycles. The highest BCUT2D eigenvalue weighted by molar-refractivity contribution is 6.14. The molecule has 7 heteroatoms. The number of aromatic nitrogens is 2. The Bertz CT molecular complexity index is 815. The van der Waals surface area contributed by atoms with Gasteiger partial charge in [0.05, 0.1) is 23.4 Å². The van der Waals surface area contributed by atoms with Crippen molar-refractivity contribution in [2.24, 2.45) is 7.05 Å². The first-order chi connectivity index (χ1) is 11.4. The number of carbonyl (C=O) groups excluding carboxylic acids is 2. The van der Waals surface area contributed by atoms with Crippen molar-refractivity contribution in [3.05, 3.63) is 46.9 Å². The van der Waals surface area contributed by atoms with E-state index < -0.39 is 11.6 Å². The van der Waals surface area contributed by atoms with Gasteiger partial charge in [-0.25, -0.2) is 4.39 Å². The van der Waals surface area contributed by atoms with Crippen molar-refractivity contribution in [2.45, 2.75) is 19.9 Å². The van der Waals surface area contributed by atoms with E-state index in [2.05, 4.69) is 10.4 Å². The fourth-order valence-corrected chi connectivity index (χ4v) is 2.72. The Morgan fingerprint density at radius 1 is 1.38 bits per heavy atom. The highest BCUT2D eigenvalue weighted by Gasteiger charge is 2.31. The number of amides is 1. The van der Waals surface area contributed by atoms with Crippen LogP contribution in [0.25, 0.3) is 0 Å². The van der Waals surface area contributed by atoms with Crippen molar-refractivity contribution in [1.82, 2.24) is 14.7 Å². The Morgan fingerprint density at radius 2 is 2.04 bits per heavy atom. The Hall–Kier alpha value is -2.54. The number of rotatable bonds is 5. The van der Waals surface area contributed by atoms with E-state index in [1.54, 1.807) is 20.0 Å². The summed E-state index contributed by atoms with van der Waals surface area (Å²) in [6.07, 6.45) is 0. The maximum absolute atomic E-state index is 13.9. The van der Waals surface area contributed by atoms with Gasteiger partial charge < -0.3 is 5.32 Å². The fourth-order valence-electron chi connectivity index (χ4n) is 2.72. The average Bonchev–Trinajstić information content (AvgIpc) is 3.13. The molecular formula is C17H19FN4O2. The Balaban J connectivity index is 1.89. The molecule has 2 unspecified atom stereocenters. The second-order valence-corrected chi connectivity index (χ2v) is 6.07. The molecule has 2 aromatic rings. The van der Waals surface area contributed by atoms with Crippen molar-refractivity contribution >= 4 is 17.5 Å². The summed E-state index contributed by atoms with van der Waals surface area (Å²) >= 11 is 0. The molecular weight excluding hydrogens is 311 g/mol. The van der Waals surface area contributed by atoms with Crippen molar-refractivity contribution in [3.8, 4) is 0 Å². The largest absolute Gasteiger partial charge is 0.309 e. The summed E-state index contributed by atoms with van der Waals surface area (Å²) in [4.78, 5) is 26.9. The summed E-state index contributed by atoms with van der Waals surface area (Å²) in [5, 5.41) is 6.93. The highest BCUT2D eigenvalue weighted by atomic mass is 19.1. The molecule has 0 aliphatic carbocycles. The molecule has 1 aromatic carbocycles. The molecule has 1 amide bonds. The predicted molar refractivity (Wildman–Crippen MR) is 87.4 cm³/mol. The van der Waals surface area contributed by atoms with E-state index in [4.69, 9.17) is 0 Å². The SMILES string of the molecule is Cc1nn(C)c(NC(=O)CN2CC2C)c1C(=O)c1ccccc1F. The highest BCUT2D eigenvalue weighted by Crippen LogP contribution is 2.24. The van der Waals surface area contributed by atoms with E-state index >= 15 is 0 Å². The van der Waals surface area contributed by atoms with Crippen LogP contribution in [0.2, 0.25) is 0 Å². The van der Waals surface area contributed by atoms with E-state index in [0.29, 0.717) is 17.6 Å². The third-order valence-corrected chi connectivity index (χ3v) is 4.16. The fraction of sp³-hybridized carbons (Fsp3) is 0.353. The van der Waals surface area contributed by atoms with Gasteiger partial charge >= 0.3 is 0 Å². The number of nitrogens with zero attached hydrogens (tertiary/aromatic N) is 3. The monoisotopic (exact) mass is 330 g/mol. The van der Waals surface area contributed by atoms with Crippen LogP contribution in [0.3, 0.4) is 0 Å². The van der Waals surface area contributed by atoms with Gasteiger partial charge in [0.15, 0.2) is 0 Å². The molecule has 1 aliphatic rings. The lowest BCUT2D eigenvalue weighted by Gasteiger charge is -2.09. The number of anilines is 1. The molecule has 1 aromatic heterocycles. The maximum Gasteiger partial charge on any atom is 0.239 e. The molecule has 2 atom stereocenters. The van der Waals surface area contributed by atoms with E-state index in [0.717, 1.165) is 6.54 Å². The van der Waals surface area contributed by atoms with E-state index in [1.807, 2.05) is 11.8 Å². The summed E-state index contributed by atoms with van der Waals surface area (Å²) in [5.41, 5.74) is 0.625. The van der Waals surface area contributed by atoms with Crippen LogP contribution in [0.1, 0.15) is 28.5 Å². The Kier molecular flexibility index (Phi) is 4.19. The number of hydrogen-bond acceptors (Lipinski definition) is 4. The Labute approximate surface area is 139 Å². The zero-order chi connectivity index (χ0) is 17.4. The van der Waals surface area contributed by atoms with Crippen LogP contribution in [0.5, 0.6) is 0 Å². The number of benzene rings is 1. The molecule has 3 rings (SSSR count). The number of nitrogens with one attached hydrogen (secondary N) is 1. The molecule has 1 aliphatic heterocycles. The second-order valence-electron chi connectivity index (χ2n) is 6.07. The first kappa shape index (κ1) is 16.3. The van der Waals surface area contributed by atoms with Gasteiger partial charge in [-0.1, -0.05) is 12.1 Å². The summed E-state index contributed by atoms with van der Waals surface area (Å²) < 4.78 is 15.4. The van der Waals surface area contributed by atoms with E-state index in [1.165, 1.54) is 22.9 Å². The van der Waals surface area contributed by atoms with E-state index in [-0.39, 0.29) is 23.6 Å². The predicted octanol–water partition coefficient (Wildman–Crippen LogP) is 1.74. The number of ketones is 1. The van der Waals surface area contributed by atoms with Gasteiger partial charge in [0.2, 0.25) is 11.7 Å². The Morgan fingerprint density at radius 3 is 2.67 bits per heavy atom. The molecule has 0 spiro atoms. The number of hydrogen-bond donors (Lipinski definition) is 1. The molecule has 1 N–H and O–H groups in total. The maximum atomic E-state index is 13.9. The molecule has 24 heavy (non-hydrogen) atoms. The second kappa shape index (κ2) is 6.16. The lowest BCUT2D eigenvalue weighted by Crippen LogP contribution is -2.24. The molecule has 126 valence electrons. The van der Waals surface area contributed by atoms with Crippen LogP contribution in [0.4, 0.5) is 10.2 Å². The minimum absolute atomic E-state index is 0.0383. The first-order valence-corrected chi connectivity index (χ1v) is 7.75. The average molecular weight is 330 g/mol. The van der Waals surface area contributed by atoms with Crippen molar-refractivity contribution in [3.63, 3.8) is 0 Å². The van der Waals surface area contributed by atoms with Crippen molar-refractivity contribution in [2.75, 3.05) is 18.4 Å². The normalized spacial score (nSPS) is 19.2. The van der Waals surface area contributed by atoms with Crippen molar-refractivity contribution < 1.29 is 14.0 Å². The molecule has 6 nitrogen and oxygen atoms in total. The number of carbonyl (C=O) groups is 2. The lowest BCUT2D eigenvalue weighted by molar-refractivity contribution is -0.116. The molecule has 2 heterocycles. The molecule has 1 fully saturated rings. The minimum atomic E-state index is -0.596. The number of aryl methyl sites for hydroxylation is 2. The lowest BCUT2D eigenvalue weighted by atomic mass is 10.0. The molecule has 1 saturated heterocycles. The zero-order valence-corrected chi connectivity index (χ0v) is 13.8. The van der Waals surface area contributed by atoms with Crippen LogP contribution in [-0.4, -0.2) is 45.5 Å². The van der Waals surface area contributed by atoms with Crippen LogP contribution < -0.4 is 5.32 Å². The third kappa shape index (κ3) is 3.07. The summed E-state index contributed by atoms with van der Waals surface area (Å²) in [6, 6.07) is 6.19. The quantitative estimate of drug-likeness (QED) is 0.670. The van der Waals surface area contributed by atoms with Gasteiger partial charge in [0.1, 0.15) is 11.6 Å². The van der Waals surface area contributed by atoms with Gasteiger partial charge in [-0.15, -0.1) is 0 Å². The van der Waals surface area contributed by atoms with Gasteiger partial charge in [-0.05, 0) is 26.0 Å². The minimum Gasteiger partial charge on any atom is -0.309 e. The van der Waals surface area contributed by atoms with Gasteiger partial charge in [0, 0.05) is 19.6 Å². The topological polar surface area (TPSA) is 67.0 Å². The van der Waals surface area contributed by atoms with Crippen LogP contribution in [0, 0.1) is 12.7 Å². The number of halogens is 1.